The van der Waals surface area contributed by atoms with Crippen LogP contribution in [0.25, 0.3) is 27.5 Å². The number of anilines is 2. The summed E-state index contributed by atoms with van der Waals surface area (Å²) >= 11 is 0. The van der Waals surface area contributed by atoms with Crippen molar-refractivity contribution in [3.63, 3.8) is 0 Å². The highest BCUT2D eigenvalue weighted by Crippen LogP contribution is 2.56. The zero-order chi connectivity index (χ0) is 47.8. The number of nitrogens with one attached hydrogen (secondary N) is 1. The molecule has 0 unspecified atom stereocenters. The van der Waals surface area contributed by atoms with Gasteiger partial charge < -0.3 is 14.2 Å². The third-order valence-corrected chi connectivity index (χ3v) is 15.0. The number of aromatic nitrogens is 7. The van der Waals surface area contributed by atoms with E-state index in [0.717, 1.165) is 42.1 Å². The highest BCUT2D eigenvalue weighted by molar-refractivity contribution is 6.00. The number of amides is 1. The van der Waals surface area contributed by atoms with Crippen molar-refractivity contribution in [3.05, 3.63) is 135 Å². The number of aromatic amines is 1. The first kappa shape index (κ1) is 42.8. The van der Waals surface area contributed by atoms with Gasteiger partial charge in [0, 0.05) is 48.4 Å². The topological polar surface area (TPSA) is 153 Å². The zero-order valence-corrected chi connectivity index (χ0v) is 38.7. The summed E-state index contributed by atoms with van der Waals surface area (Å²) in [7, 11) is 0. The van der Waals surface area contributed by atoms with Gasteiger partial charge in [0.1, 0.15) is 22.9 Å². The molecule has 1 saturated heterocycles. The predicted molar refractivity (Wildman–Crippen MR) is 253 cm³/mol. The molecule has 0 bridgehead atoms. The van der Waals surface area contributed by atoms with E-state index in [0.29, 0.717) is 69.9 Å². The number of carbonyl (C=O) groups is 1. The predicted octanol–water partition coefficient (Wildman–Crippen LogP) is 8.38. The van der Waals surface area contributed by atoms with Gasteiger partial charge in [0.15, 0.2) is 17.6 Å². The maximum absolute atomic E-state index is 16.6. The number of ether oxygens (including phenoxy) is 1. The third-order valence-electron chi connectivity index (χ3n) is 15.0. The Morgan fingerprint density at radius 1 is 0.971 bits per heavy atom. The van der Waals surface area contributed by atoms with Crippen molar-refractivity contribution in [3.8, 4) is 18.0 Å². The molecule has 3 aliphatic heterocycles. The molecule has 3 fully saturated rings. The third kappa shape index (κ3) is 6.49. The second-order valence-corrected chi connectivity index (χ2v) is 19.8. The number of hydrogen-bond acceptors (Lipinski definition) is 10. The van der Waals surface area contributed by atoms with E-state index in [2.05, 4.69) is 53.1 Å². The Kier molecular flexibility index (Phi) is 9.45. The summed E-state index contributed by atoms with van der Waals surface area (Å²) in [5.74, 6) is 3.39. The SMILES string of the molecule is C#C[C@H]1C[C@]1(c1noc(=O)[nH]1)n1c(C(=O)N2CCc3nn(-c4cc(C)c(F)c(C)c4)c(N4C=CN(c5ccc6c(cnn6C6CC6)c5F)C4=C=O)c3[C@@H]2C)cc2cc([C@H]3CCOC(C)(C)C3)ccc21. The molecule has 15 nitrogen and oxygen atoms in total. The number of aryl methyl sites for hydroxylation is 2. The summed E-state index contributed by atoms with van der Waals surface area (Å²) in [6.45, 7) is 10.4. The van der Waals surface area contributed by atoms with Gasteiger partial charge in [-0.05, 0) is 132 Å². The van der Waals surface area contributed by atoms with Gasteiger partial charge in [0.05, 0.1) is 57.8 Å². The number of rotatable bonds is 8. The van der Waals surface area contributed by atoms with E-state index < -0.39 is 29.1 Å². The average molecular weight is 931 g/mol. The normalized spacial score (nSPS) is 23.0. The number of nitrogens with zero attached hydrogens (tertiary/aromatic N) is 9. The number of terminal acetylenes is 1. The van der Waals surface area contributed by atoms with Crippen molar-refractivity contribution in [2.24, 2.45) is 5.92 Å². The van der Waals surface area contributed by atoms with Crippen molar-refractivity contribution in [1.29, 1.82) is 0 Å². The summed E-state index contributed by atoms with van der Waals surface area (Å²) in [4.78, 5) is 49.1. The van der Waals surface area contributed by atoms with E-state index in [9.17, 15) is 9.59 Å². The van der Waals surface area contributed by atoms with Gasteiger partial charge in [-0.25, -0.2) is 23.1 Å². The Labute approximate surface area is 394 Å². The molecule has 4 aromatic heterocycles. The maximum Gasteiger partial charge on any atom is 0.438 e. The van der Waals surface area contributed by atoms with E-state index in [1.54, 1.807) is 58.9 Å². The van der Waals surface area contributed by atoms with Crippen LogP contribution in [0.2, 0.25) is 0 Å². The Hall–Kier alpha value is -7.54. The number of fused-ring (bicyclic) bond motifs is 3. The number of benzene rings is 3. The molecule has 69 heavy (non-hydrogen) atoms. The minimum Gasteiger partial charge on any atom is -0.376 e. The lowest BCUT2D eigenvalue weighted by Gasteiger charge is -2.35. The van der Waals surface area contributed by atoms with Crippen LogP contribution in [0.4, 0.5) is 20.3 Å². The molecular weight excluding hydrogens is 883 g/mol. The van der Waals surface area contributed by atoms with E-state index in [4.69, 9.17) is 20.8 Å². The van der Waals surface area contributed by atoms with E-state index in [1.165, 1.54) is 11.1 Å². The van der Waals surface area contributed by atoms with Crippen LogP contribution in [-0.4, -0.2) is 69.8 Å². The van der Waals surface area contributed by atoms with E-state index in [-0.39, 0.29) is 53.2 Å². The van der Waals surface area contributed by atoms with Crippen LogP contribution >= 0.6 is 0 Å². The fourth-order valence-electron chi connectivity index (χ4n) is 11.3. The van der Waals surface area contributed by atoms with Crippen molar-refractivity contribution < 1.29 is 27.6 Å². The monoisotopic (exact) mass is 930 g/mol. The second kappa shape index (κ2) is 15.2. The zero-order valence-electron chi connectivity index (χ0n) is 38.7. The van der Waals surface area contributed by atoms with Gasteiger partial charge in [-0.3, -0.25) is 28.8 Å². The first-order valence-electron chi connectivity index (χ1n) is 23.4. The lowest BCUT2D eigenvalue weighted by Crippen LogP contribution is -2.41. The molecule has 3 aromatic carbocycles. The maximum atomic E-state index is 16.6. The molecule has 0 spiro atoms. The summed E-state index contributed by atoms with van der Waals surface area (Å²) in [5, 5.41) is 14.9. The molecule has 2 saturated carbocycles. The molecule has 2 aliphatic carbocycles. The molecular formula is C52H48F2N10O5. The van der Waals surface area contributed by atoms with Crippen LogP contribution in [-0.2, 0) is 21.5 Å². The summed E-state index contributed by atoms with van der Waals surface area (Å²) in [6.07, 6.45) is 15.3. The Balaban J connectivity index is 0.980. The lowest BCUT2D eigenvalue weighted by molar-refractivity contribution is -0.0592. The number of hydrogen-bond donors (Lipinski definition) is 1. The fourth-order valence-corrected chi connectivity index (χ4v) is 11.3. The number of carbonyl (C=O) groups excluding carboxylic acids is 2. The van der Waals surface area contributed by atoms with E-state index >= 15 is 13.6 Å². The molecule has 4 atom stereocenters. The fraction of sp³-hybridized carbons (Fsp3) is 0.365. The van der Waals surface area contributed by atoms with Crippen LogP contribution < -0.4 is 15.6 Å². The van der Waals surface area contributed by atoms with Gasteiger partial charge in [-0.1, -0.05) is 11.2 Å². The number of H-pyrrole nitrogens is 1. The van der Waals surface area contributed by atoms with Gasteiger partial charge in [-0.2, -0.15) is 10.2 Å². The molecule has 0 radical (unpaired) electrons. The molecule has 7 heterocycles. The molecule has 1 N–H and O–H groups in total. The van der Waals surface area contributed by atoms with Crippen LogP contribution in [0.15, 0.2) is 82.3 Å². The highest BCUT2D eigenvalue weighted by Gasteiger charge is 2.61. The van der Waals surface area contributed by atoms with Crippen LogP contribution in [0.5, 0.6) is 0 Å². The van der Waals surface area contributed by atoms with Crippen molar-refractivity contribution in [1.82, 2.24) is 39.2 Å². The summed E-state index contributed by atoms with van der Waals surface area (Å²) in [5.41, 5.74) is 4.22. The summed E-state index contributed by atoms with van der Waals surface area (Å²) < 4.78 is 48.3. The quantitative estimate of drug-likeness (QED) is 0.116. The van der Waals surface area contributed by atoms with Crippen LogP contribution in [0.3, 0.4) is 0 Å². The highest BCUT2D eigenvalue weighted by atomic mass is 19.1. The van der Waals surface area contributed by atoms with Gasteiger partial charge in [0.25, 0.3) is 5.91 Å². The van der Waals surface area contributed by atoms with Gasteiger partial charge in [-0.15, -0.1) is 12.3 Å². The van der Waals surface area contributed by atoms with Crippen molar-refractivity contribution >= 4 is 45.2 Å². The Morgan fingerprint density at radius 2 is 1.74 bits per heavy atom. The lowest BCUT2D eigenvalue weighted by atomic mass is 9.83. The van der Waals surface area contributed by atoms with E-state index in [1.807, 2.05) is 34.4 Å². The minimum atomic E-state index is -1.09. The molecule has 17 heteroatoms. The standard InChI is InChI=1S/C52H48F2N10O5/c1-7-34-25-52(34,49-56-50(67)69-58-49)62-39-11-8-31(32-15-19-68-51(5,6)24-32)22-33(39)23-42(62)48(66)59-16-14-38-44(30(59)4)47(64(57-38)36-20-28(2)45(53)29(3)21-36)61-18-17-60(43(61)27-65)41-13-12-40-37(46(41)54)26-55-63(40)35-9-10-35/h1,8,11-13,17-18,20-23,26,30,32,34-35H,9-10,14-16,19,24-25H2,2-6H3,(H,56,58,67)/t30-,32-,34-,52-/m0/s1. The summed E-state index contributed by atoms with van der Waals surface area (Å²) in [6, 6.07) is 14.5. The molecule has 350 valence electrons. The first-order valence-corrected chi connectivity index (χ1v) is 23.4. The Morgan fingerprint density at radius 3 is 2.43 bits per heavy atom. The molecule has 7 aromatic rings. The average Bonchev–Trinajstić information content (AvgIpc) is 3.90. The molecule has 5 aliphatic rings. The van der Waals surface area contributed by atoms with Crippen LogP contribution in [0, 0.1) is 43.7 Å². The molecule has 1 amide bonds. The molecule has 12 rings (SSSR count). The van der Waals surface area contributed by atoms with Crippen LogP contribution in [0.1, 0.15) is 115 Å². The first-order chi connectivity index (χ1) is 33.2. The largest absolute Gasteiger partial charge is 0.438 e. The van der Waals surface area contributed by atoms with Crippen molar-refractivity contribution in [2.75, 3.05) is 23.0 Å². The smallest absolute Gasteiger partial charge is 0.376 e. The Bertz CT molecular complexity index is 3500. The number of halogens is 2. The van der Waals surface area contributed by atoms with Gasteiger partial charge >= 0.3 is 5.76 Å². The second-order valence-electron chi connectivity index (χ2n) is 19.8. The minimum absolute atomic E-state index is 0.0422. The van der Waals surface area contributed by atoms with Gasteiger partial charge in [0.2, 0.25) is 5.82 Å². The van der Waals surface area contributed by atoms with Crippen molar-refractivity contribution in [2.45, 2.75) is 102 Å².